The second-order valence-electron chi connectivity index (χ2n) is 7.33. The Hall–Kier alpha value is -2.91. The number of aryl methyl sites for hydroxylation is 1. The Morgan fingerprint density at radius 3 is 2.77 bits per heavy atom. The lowest BCUT2D eigenvalue weighted by Gasteiger charge is -2.08. The molecular weight excluding hydrogens is 425 g/mol. The topological polar surface area (TPSA) is 58.4 Å². The molecule has 0 bridgehead atoms. The Labute approximate surface area is 180 Å². The third-order valence-corrected chi connectivity index (χ3v) is 5.83. The fourth-order valence-corrected chi connectivity index (χ4v) is 4.38. The maximum atomic E-state index is 12.4. The fourth-order valence-electron chi connectivity index (χ4n) is 3.33. The quantitative estimate of drug-likeness (QED) is 0.401. The van der Waals surface area contributed by atoms with Crippen molar-refractivity contribution >= 4 is 32.4 Å². The number of hydrogen-bond acceptors (Lipinski definition) is 4. The Balaban J connectivity index is 1.42. The summed E-state index contributed by atoms with van der Waals surface area (Å²) in [5.74, 6) is -0.246. The average molecular weight is 446 g/mol. The van der Waals surface area contributed by atoms with Gasteiger partial charge in [0, 0.05) is 23.9 Å². The first-order valence-electron chi connectivity index (χ1n) is 9.84. The van der Waals surface area contributed by atoms with Gasteiger partial charge in [-0.05, 0) is 44.2 Å². The fraction of sp³-hybridized carbons (Fsp3) is 0.273. The molecule has 1 amide bonds. The van der Waals surface area contributed by atoms with Gasteiger partial charge in [-0.3, -0.25) is 9.20 Å². The molecule has 0 aliphatic heterocycles. The average Bonchev–Trinajstić information content (AvgIpc) is 3.27. The molecule has 0 radical (unpaired) electrons. The zero-order chi connectivity index (χ0) is 22.0. The molecule has 0 unspecified atom stereocenters. The number of nitrogens with one attached hydrogen (secondary N) is 2. The van der Waals surface area contributed by atoms with Crippen LogP contribution in [-0.4, -0.2) is 41.1 Å². The number of carbonyl (C=O) groups excluding carboxylic acids is 1. The van der Waals surface area contributed by atoms with E-state index in [0.29, 0.717) is 18.5 Å². The van der Waals surface area contributed by atoms with Gasteiger partial charge in [-0.15, -0.1) is 0 Å². The van der Waals surface area contributed by atoms with Crippen LogP contribution in [0, 0.1) is 6.92 Å². The highest BCUT2D eigenvalue weighted by Gasteiger charge is 2.25. The first-order valence-corrected chi connectivity index (χ1v) is 10.7. The van der Waals surface area contributed by atoms with Crippen molar-refractivity contribution in [2.45, 2.75) is 19.5 Å². The summed E-state index contributed by atoms with van der Waals surface area (Å²) in [7, 11) is 0. The van der Waals surface area contributed by atoms with Crippen LogP contribution in [0.15, 0.2) is 48.7 Å². The van der Waals surface area contributed by atoms with Crippen molar-refractivity contribution < 1.29 is 18.0 Å². The summed E-state index contributed by atoms with van der Waals surface area (Å²) in [5, 5.41) is 5.06. The van der Waals surface area contributed by atoms with E-state index in [4.69, 9.17) is 4.98 Å². The third kappa shape index (κ3) is 5.05. The monoisotopic (exact) mass is 446 g/mol. The molecule has 2 N–H and O–H groups in total. The molecule has 2 aromatic heterocycles. The first-order chi connectivity index (χ1) is 14.8. The van der Waals surface area contributed by atoms with Gasteiger partial charge in [-0.2, -0.15) is 13.2 Å². The van der Waals surface area contributed by atoms with E-state index in [1.165, 1.54) is 16.9 Å². The highest BCUT2D eigenvalue weighted by atomic mass is 32.1. The number of alkyl halides is 3. The molecule has 0 fully saturated rings. The van der Waals surface area contributed by atoms with Crippen molar-refractivity contribution in [3.63, 3.8) is 0 Å². The Bertz CT molecular complexity index is 1230. The summed E-state index contributed by atoms with van der Waals surface area (Å²) in [5.41, 5.74) is 4.62. The van der Waals surface area contributed by atoms with Gasteiger partial charge in [-0.25, -0.2) is 4.98 Å². The van der Waals surface area contributed by atoms with Gasteiger partial charge >= 0.3 is 6.18 Å². The van der Waals surface area contributed by atoms with E-state index < -0.39 is 12.7 Å². The molecule has 4 rings (SSSR count). The minimum Gasteiger partial charge on any atom is -0.352 e. The number of amides is 1. The van der Waals surface area contributed by atoms with Gasteiger partial charge < -0.3 is 10.6 Å². The first kappa shape index (κ1) is 21.3. The number of imidazole rings is 1. The lowest BCUT2D eigenvalue weighted by molar-refractivity contribution is -0.124. The molecule has 2 aromatic carbocycles. The molecule has 0 aliphatic carbocycles. The lowest BCUT2D eigenvalue weighted by atomic mass is 10.1. The number of fused-ring (bicyclic) bond motifs is 3. The van der Waals surface area contributed by atoms with Crippen molar-refractivity contribution in [2.24, 2.45) is 0 Å². The Kier molecular flexibility index (Phi) is 5.97. The number of benzene rings is 2. The van der Waals surface area contributed by atoms with Crippen molar-refractivity contribution in [2.75, 3.05) is 19.6 Å². The summed E-state index contributed by atoms with van der Waals surface area (Å²) in [6.45, 7) is 1.51. The molecule has 0 aliphatic rings. The standard InChI is InChI=1S/C22H21F3N4OS/c1-14-4-2-5-15(10-14)17-12-29-18-7-6-16(11-19(18)31-21(29)28-17)20(30)27-9-3-8-26-13-22(23,24)25/h2,4-7,10-12,26H,3,8-9,13H2,1H3,(H,27,30). The Morgan fingerprint density at radius 2 is 2.00 bits per heavy atom. The van der Waals surface area contributed by atoms with Crippen LogP contribution in [-0.2, 0) is 0 Å². The second-order valence-corrected chi connectivity index (χ2v) is 8.34. The molecule has 0 saturated carbocycles. The van der Waals surface area contributed by atoms with E-state index in [1.807, 2.05) is 47.9 Å². The number of nitrogens with zero attached hydrogens (tertiary/aromatic N) is 2. The number of rotatable bonds is 7. The van der Waals surface area contributed by atoms with Crippen LogP contribution < -0.4 is 10.6 Å². The minimum atomic E-state index is -4.22. The number of hydrogen-bond donors (Lipinski definition) is 2. The molecule has 31 heavy (non-hydrogen) atoms. The van der Waals surface area contributed by atoms with E-state index in [1.54, 1.807) is 6.07 Å². The highest BCUT2D eigenvalue weighted by molar-refractivity contribution is 7.23. The van der Waals surface area contributed by atoms with E-state index in [0.717, 1.165) is 26.4 Å². The maximum absolute atomic E-state index is 12.4. The summed E-state index contributed by atoms with van der Waals surface area (Å²) < 4.78 is 39.2. The zero-order valence-corrected chi connectivity index (χ0v) is 17.6. The predicted octanol–water partition coefficient (Wildman–Crippen LogP) is 4.80. The molecule has 0 saturated heterocycles. The number of thiazole rings is 1. The van der Waals surface area contributed by atoms with E-state index in [-0.39, 0.29) is 12.5 Å². The van der Waals surface area contributed by atoms with Crippen molar-refractivity contribution in [1.29, 1.82) is 0 Å². The van der Waals surface area contributed by atoms with E-state index in [9.17, 15) is 18.0 Å². The number of aromatic nitrogens is 2. The van der Waals surface area contributed by atoms with Gasteiger partial charge in [0.05, 0.1) is 22.5 Å². The molecule has 9 heteroatoms. The third-order valence-electron chi connectivity index (χ3n) is 4.81. The van der Waals surface area contributed by atoms with Crippen molar-refractivity contribution in [1.82, 2.24) is 20.0 Å². The summed E-state index contributed by atoms with van der Waals surface area (Å²) in [6.07, 6.45) is -1.81. The van der Waals surface area contributed by atoms with Crippen LogP contribution in [0.3, 0.4) is 0 Å². The van der Waals surface area contributed by atoms with Crippen LogP contribution in [0.4, 0.5) is 13.2 Å². The minimum absolute atomic E-state index is 0.185. The van der Waals surface area contributed by atoms with Crippen LogP contribution in [0.1, 0.15) is 22.3 Å². The highest BCUT2D eigenvalue weighted by Crippen LogP contribution is 2.30. The Morgan fingerprint density at radius 1 is 1.16 bits per heavy atom. The van der Waals surface area contributed by atoms with Crippen molar-refractivity contribution in [3.05, 3.63) is 59.8 Å². The van der Waals surface area contributed by atoms with Crippen LogP contribution in [0.5, 0.6) is 0 Å². The summed E-state index contributed by atoms with van der Waals surface area (Å²) in [6, 6.07) is 13.6. The predicted molar refractivity (Wildman–Crippen MR) is 117 cm³/mol. The zero-order valence-electron chi connectivity index (χ0n) is 16.8. The summed E-state index contributed by atoms with van der Waals surface area (Å²) >= 11 is 1.51. The largest absolute Gasteiger partial charge is 0.401 e. The lowest BCUT2D eigenvalue weighted by Crippen LogP contribution is -2.32. The van der Waals surface area contributed by atoms with E-state index in [2.05, 4.69) is 16.7 Å². The van der Waals surface area contributed by atoms with Crippen LogP contribution >= 0.6 is 11.3 Å². The molecule has 2 heterocycles. The summed E-state index contributed by atoms with van der Waals surface area (Å²) in [4.78, 5) is 17.9. The molecule has 162 valence electrons. The molecular formula is C22H21F3N4OS. The van der Waals surface area contributed by atoms with Crippen molar-refractivity contribution in [3.8, 4) is 11.3 Å². The normalized spacial score (nSPS) is 12.0. The van der Waals surface area contributed by atoms with Gasteiger partial charge in [0.15, 0.2) is 4.96 Å². The van der Waals surface area contributed by atoms with Crippen LogP contribution in [0.25, 0.3) is 26.4 Å². The maximum Gasteiger partial charge on any atom is 0.401 e. The second kappa shape index (κ2) is 8.68. The van der Waals surface area contributed by atoms with Gasteiger partial charge in [0.2, 0.25) is 0 Å². The van der Waals surface area contributed by atoms with E-state index >= 15 is 0 Å². The van der Waals surface area contributed by atoms with Gasteiger partial charge in [0.1, 0.15) is 0 Å². The van der Waals surface area contributed by atoms with Gasteiger partial charge in [-0.1, -0.05) is 35.1 Å². The van der Waals surface area contributed by atoms with Crippen LogP contribution in [0.2, 0.25) is 0 Å². The van der Waals surface area contributed by atoms with Gasteiger partial charge in [0.25, 0.3) is 5.91 Å². The molecule has 5 nitrogen and oxygen atoms in total. The molecule has 0 atom stereocenters. The number of halogens is 3. The smallest absolute Gasteiger partial charge is 0.352 e. The molecule has 4 aromatic rings. The number of carbonyl (C=O) groups is 1. The molecule has 0 spiro atoms. The SMILES string of the molecule is Cc1cccc(-c2cn3c(n2)sc2cc(C(=O)NCCCNCC(F)(F)F)ccc23)c1.